The zero-order chi connectivity index (χ0) is 39.9. The van der Waals surface area contributed by atoms with Gasteiger partial charge < -0.3 is 47.3 Å². The summed E-state index contributed by atoms with van der Waals surface area (Å²) in [7, 11) is 0. The first-order valence-electron chi connectivity index (χ1n) is 17.6. The maximum absolute atomic E-state index is 14.1. The average Bonchev–Trinajstić information content (AvgIpc) is 3.57. The van der Waals surface area contributed by atoms with Crippen LogP contribution in [0.1, 0.15) is 36.0 Å². The van der Waals surface area contributed by atoms with Crippen molar-refractivity contribution < 1.29 is 44.1 Å². The molecule has 10 N–H and O–H groups in total. The Kier molecular flexibility index (Phi) is 15.6. The number of carboxylic acid groups (broad SMARTS) is 2. The SMILES string of the molecule is CSCC[C@H](NC(=O)[C@@H](N)Cc1ccccc1)C(=O)N[C@@H](Cc1c[nH]c2ccccc12)C(=O)N[C@@H](CCC(=O)O)C(=O)N[C@@H](Cc1ccc(O)cc1)C(=O)O. The molecule has 0 radical (unpaired) electrons. The number of benzene rings is 3. The number of hydrogen-bond acceptors (Lipinski definition) is 9. The Hall–Kier alpha value is -5.87. The number of fused-ring (bicyclic) bond motifs is 1. The first-order chi connectivity index (χ1) is 26.3. The summed E-state index contributed by atoms with van der Waals surface area (Å²) in [5.74, 6) is -5.22. The number of aromatic hydroxyl groups is 1. The summed E-state index contributed by atoms with van der Waals surface area (Å²) in [6, 6.07) is 15.8. The van der Waals surface area contributed by atoms with Crippen molar-refractivity contribution in [1.82, 2.24) is 26.3 Å². The van der Waals surface area contributed by atoms with E-state index in [9.17, 15) is 44.1 Å². The highest BCUT2D eigenvalue weighted by Gasteiger charge is 2.33. The lowest BCUT2D eigenvalue weighted by Crippen LogP contribution is -2.59. The minimum Gasteiger partial charge on any atom is -0.508 e. The van der Waals surface area contributed by atoms with Crippen molar-refractivity contribution in [3.05, 3.63) is 102 Å². The van der Waals surface area contributed by atoms with E-state index in [0.29, 0.717) is 16.9 Å². The van der Waals surface area contributed by atoms with Crippen molar-refractivity contribution >= 4 is 58.2 Å². The summed E-state index contributed by atoms with van der Waals surface area (Å²) in [6.07, 6.45) is 2.79. The first kappa shape index (κ1) is 41.9. The third-order valence-electron chi connectivity index (χ3n) is 8.88. The van der Waals surface area contributed by atoms with Gasteiger partial charge in [0.15, 0.2) is 0 Å². The molecule has 292 valence electrons. The molecule has 4 aromatic rings. The molecular weight excluding hydrogens is 729 g/mol. The quantitative estimate of drug-likeness (QED) is 0.0591. The number of rotatable bonds is 21. The summed E-state index contributed by atoms with van der Waals surface area (Å²) in [4.78, 5) is 81.6. The number of phenolic OH excluding ortho intramolecular Hbond substituents is 1. The van der Waals surface area contributed by atoms with E-state index in [-0.39, 0.29) is 31.4 Å². The molecule has 4 amide bonds. The molecule has 0 spiro atoms. The molecule has 1 heterocycles. The van der Waals surface area contributed by atoms with Crippen LogP contribution in [0.3, 0.4) is 0 Å². The standard InChI is InChI=1S/C39H46N6O9S/c1-55-18-17-31(42-35(49)28(40)19-23-7-3-2-4-8-23)37(51)44-32(21-25-22-41-29-10-6-5-9-27(25)29)38(52)43-30(15-16-34(47)48)36(50)45-33(39(53)54)20-24-11-13-26(46)14-12-24/h2-14,22,28,30-33,41,46H,15-21,40H2,1H3,(H,42,49)(H,43,52)(H,44,51)(H,45,50)(H,47,48)(H,53,54)/t28-,30-,31-,32-,33-/m0/s1. The third-order valence-corrected chi connectivity index (χ3v) is 9.53. The van der Waals surface area contributed by atoms with E-state index in [1.807, 2.05) is 60.9 Å². The van der Waals surface area contributed by atoms with Crippen molar-refractivity contribution in [2.45, 2.75) is 68.7 Å². The van der Waals surface area contributed by atoms with Crippen molar-refractivity contribution in [3.63, 3.8) is 0 Å². The van der Waals surface area contributed by atoms with Crippen LogP contribution in [-0.4, -0.2) is 98.1 Å². The smallest absolute Gasteiger partial charge is 0.326 e. The van der Waals surface area contributed by atoms with Gasteiger partial charge in [-0.2, -0.15) is 11.8 Å². The molecular formula is C39H46N6O9S. The number of nitrogens with two attached hydrogens (primary N) is 1. The number of carbonyl (C=O) groups excluding carboxylic acids is 4. The highest BCUT2D eigenvalue weighted by atomic mass is 32.2. The number of nitrogens with one attached hydrogen (secondary N) is 5. The van der Waals surface area contributed by atoms with Gasteiger partial charge >= 0.3 is 11.9 Å². The van der Waals surface area contributed by atoms with Crippen LogP contribution in [0.25, 0.3) is 10.9 Å². The normalized spacial score (nSPS) is 13.8. The van der Waals surface area contributed by atoms with Gasteiger partial charge in [0, 0.05) is 36.4 Å². The molecule has 0 saturated carbocycles. The number of phenols is 1. The molecule has 5 atom stereocenters. The predicted molar refractivity (Wildman–Crippen MR) is 207 cm³/mol. The molecule has 55 heavy (non-hydrogen) atoms. The topological polar surface area (TPSA) is 253 Å². The number of carbonyl (C=O) groups is 6. The summed E-state index contributed by atoms with van der Waals surface area (Å²) in [5, 5.41) is 40.1. The van der Waals surface area contributed by atoms with Crippen molar-refractivity contribution in [1.29, 1.82) is 0 Å². The van der Waals surface area contributed by atoms with Crippen molar-refractivity contribution in [2.24, 2.45) is 5.73 Å². The van der Waals surface area contributed by atoms with Gasteiger partial charge in [0.05, 0.1) is 6.04 Å². The second-order valence-electron chi connectivity index (χ2n) is 13.0. The summed E-state index contributed by atoms with van der Waals surface area (Å²) in [5.41, 5.74) is 8.96. The fourth-order valence-electron chi connectivity index (χ4n) is 5.90. The van der Waals surface area contributed by atoms with Crippen LogP contribution in [0.2, 0.25) is 0 Å². The van der Waals surface area contributed by atoms with Gasteiger partial charge in [0.1, 0.15) is 29.9 Å². The largest absolute Gasteiger partial charge is 0.508 e. The molecule has 16 heteroatoms. The zero-order valence-corrected chi connectivity index (χ0v) is 31.0. The van der Waals surface area contributed by atoms with Crippen molar-refractivity contribution in [2.75, 3.05) is 12.0 Å². The third kappa shape index (κ3) is 12.9. The average molecular weight is 775 g/mol. The van der Waals surface area contributed by atoms with E-state index in [2.05, 4.69) is 26.3 Å². The number of aliphatic carboxylic acids is 2. The van der Waals surface area contributed by atoms with Crippen LogP contribution in [0.15, 0.2) is 85.1 Å². The van der Waals surface area contributed by atoms with E-state index in [1.54, 1.807) is 6.20 Å². The molecule has 0 bridgehead atoms. The molecule has 15 nitrogen and oxygen atoms in total. The van der Waals surface area contributed by atoms with Crippen molar-refractivity contribution in [3.8, 4) is 5.75 Å². The van der Waals surface area contributed by atoms with E-state index in [4.69, 9.17) is 5.73 Å². The van der Waals surface area contributed by atoms with E-state index < -0.39 is 78.6 Å². The number of amides is 4. The number of para-hydroxylation sites is 1. The Morgan fingerprint density at radius 3 is 1.89 bits per heavy atom. The second kappa shape index (κ2) is 20.5. The molecule has 0 fully saturated rings. The van der Waals surface area contributed by atoms with Crippen LogP contribution >= 0.6 is 11.8 Å². The summed E-state index contributed by atoms with van der Waals surface area (Å²) in [6.45, 7) is 0. The molecule has 0 aliphatic carbocycles. The molecule has 0 aliphatic rings. The fourth-order valence-corrected chi connectivity index (χ4v) is 6.37. The highest BCUT2D eigenvalue weighted by Crippen LogP contribution is 2.20. The van der Waals surface area contributed by atoms with Crippen LogP contribution in [0.4, 0.5) is 0 Å². The fraction of sp³-hybridized carbons (Fsp3) is 0.333. The summed E-state index contributed by atoms with van der Waals surface area (Å²) >= 11 is 1.45. The van der Waals surface area contributed by atoms with Crippen LogP contribution < -0.4 is 27.0 Å². The maximum atomic E-state index is 14.1. The van der Waals surface area contributed by atoms with Gasteiger partial charge in [-0.3, -0.25) is 24.0 Å². The van der Waals surface area contributed by atoms with Crippen LogP contribution in [0.5, 0.6) is 5.75 Å². The Bertz CT molecular complexity index is 1940. The van der Waals surface area contributed by atoms with Crippen LogP contribution in [0, 0.1) is 0 Å². The number of carboxylic acids is 2. The Morgan fingerprint density at radius 1 is 0.673 bits per heavy atom. The Labute approximate surface area is 321 Å². The second-order valence-corrected chi connectivity index (χ2v) is 14.0. The number of aromatic amines is 1. The molecule has 0 aliphatic heterocycles. The Balaban J connectivity index is 1.57. The van der Waals surface area contributed by atoms with E-state index in [1.165, 1.54) is 36.0 Å². The monoisotopic (exact) mass is 774 g/mol. The lowest BCUT2D eigenvalue weighted by molar-refractivity contribution is -0.143. The van der Waals surface area contributed by atoms with Gasteiger partial charge in [-0.05, 0) is 66.2 Å². The summed E-state index contributed by atoms with van der Waals surface area (Å²) < 4.78 is 0. The Morgan fingerprint density at radius 2 is 1.24 bits per heavy atom. The number of hydrogen-bond donors (Lipinski definition) is 9. The minimum absolute atomic E-state index is 0.0324. The molecule has 0 saturated heterocycles. The molecule has 0 unspecified atom stereocenters. The number of H-pyrrole nitrogens is 1. The van der Waals surface area contributed by atoms with Gasteiger partial charge in [-0.15, -0.1) is 0 Å². The van der Waals surface area contributed by atoms with E-state index >= 15 is 0 Å². The number of aromatic nitrogens is 1. The number of thioether (sulfide) groups is 1. The minimum atomic E-state index is -1.50. The van der Waals surface area contributed by atoms with E-state index in [0.717, 1.165) is 16.5 Å². The molecule has 1 aromatic heterocycles. The zero-order valence-electron chi connectivity index (χ0n) is 30.2. The van der Waals surface area contributed by atoms with Gasteiger partial charge in [-0.1, -0.05) is 60.7 Å². The highest BCUT2D eigenvalue weighted by molar-refractivity contribution is 7.98. The lowest BCUT2D eigenvalue weighted by Gasteiger charge is -2.26. The first-order valence-corrected chi connectivity index (χ1v) is 19.0. The maximum Gasteiger partial charge on any atom is 0.326 e. The van der Waals surface area contributed by atoms with Crippen LogP contribution in [-0.2, 0) is 48.0 Å². The molecule has 3 aromatic carbocycles. The van der Waals surface area contributed by atoms with Gasteiger partial charge in [0.25, 0.3) is 0 Å². The lowest BCUT2D eigenvalue weighted by atomic mass is 10.0. The molecule has 4 rings (SSSR count). The van der Waals surface area contributed by atoms with Gasteiger partial charge in [0.2, 0.25) is 23.6 Å². The van der Waals surface area contributed by atoms with Gasteiger partial charge in [-0.25, -0.2) is 4.79 Å². The predicted octanol–water partition coefficient (Wildman–Crippen LogP) is 1.87.